The summed E-state index contributed by atoms with van der Waals surface area (Å²) in [6.45, 7) is 1.54. The minimum Gasteiger partial charge on any atom is -0.482 e. The molecule has 0 N–H and O–H groups in total. The van der Waals surface area contributed by atoms with E-state index >= 15 is 0 Å². The highest BCUT2D eigenvalue weighted by atomic mass is 35.5. The molecule has 31 heavy (non-hydrogen) atoms. The first kappa shape index (κ1) is 21.0. The number of benzene rings is 3. The fourth-order valence-corrected chi connectivity index (χ4v) is 3.25. The molecule has 0 atom stereocenters. The number of esters is 1. The third kappa shape index (κ3) is 4.74. The van der Waals surface area contributed by atoms with E-state index in [0.29, 0.717) is 26.9 Å². The Bertz CT molecular complexity index is 1310. The van der Waals surface area contributed by atoms with Gasteiger partial charge in [-0.3, -0.25) is 4.79 Å². The smallest absolute Gasteiger partial charge is 0.349 e. The summed E-state index contributed by atoms with van der Waals surface area (Å²) >= 11 is 11.9. The van der Waals surface area contributed by atoms with Crippen LogP contribution in [0.25, 0.3) is 22.3 Å². The van der Waals surface area contributed by atoms with E-state index in [0.717, 1.165) is 5.56 Å². The lowest BCUT2D eigenvalue weighted by Crippen LogP contribution is -2.21. The van der Waals surface area contributed by atoms with Crippen molar-refractivity contribution in [2.75, 3.05) is 6.61 Å². The summed E-state index contributed by atoms with van der Waals surface area (Å²) in [6.07, 6.45) is 0. The van der Waals surface area contributed by atoms with Crippen molar-refractivity contribution < 1.29 is 18.7 Å². The first-order chi connectivity index (χ1) is 14.9. The standard InChI is InChI=1S/C24H16Cl2O5/c1-14-2-4-15(5-3-14)23-24(22(28)19-12-17(26)8-11-20(19)30-23)31-21(27)13-29-18-9-6-16(25)7-10-18/h2-12H,13H2,1H3. The van der Waals surface area contributed by atoms with Crippen LogP contribution < -0.4 is 14.9 Å². The zero-order valence-corrected chi connectivity index (χ0v) is 17.9. The third-order valence-corrected chi connectivity index (χ3v) is 5.00. The van der Waals surface area contributed by atoms with Gasteiger partial charge in [0.15, 0.2) is 12.4 Å². The molecule has 4 rings (SSSR count). The van der Waals surface area contributed by atoms with E-state index in [1.807, 2.05) is 19.1 Å². The number of rotatable bonds is 5. The molecular weight excluding hydrogens is 439 g/mol. The molecule has 0 bridgehead atoms. The molecule has 0 aliphatic carbocycles. The van der Waals surface area contributed by atoms with E-state index in [2.05, 4.69) is 0 Å². The highest BCUT2D eigenvalue weighted by Gasteiger charge is 2.21. The van der Waals surface area contributed by atoms with Crippen LogP contribution in [0.3, 0.4) is 0 Å². The van der Waals surface area contributed by atoms with Crippen LogP contribution in [0.4, 0.5) is 0 Å². The maximum atomic E-state index is 13.1. The van der Waals surface area contributed by atoms with Crippen molar-refractivity contribution in [3.63, 3.8) is 0 Å². The molecule has 0 spiro atoms. The number of ether oxygens (including phenoxy) is 2. The highest BCUT2D eigenvalue weighted by Crippen LogP contribution is 2.32. The van der Waals surface area contributed by atoms with Crippen LogP contribution in [0, 0.1) is 6.92 Å². The second-order valence-electron chi connectivity index (χ2n) is 6.81. The van der Waals surface area contributed by atoms with Gasteiger partial charge in [0, 0.05) is 15.6 Å². The molecule has 3 aromatic carbocycles. The Labute approximate surface area is 187 Å². The first-order valence-corrected chi connectivity index (χ1v) is 10.1. The van der Waals surface area contributed by atoms with Gasteiger partial charge in [-0.25, -0.2) is 4.79 Å². The first-order valence-electron chi connectivity index (χ1n) is 9.33. The second kappa shape index (κ2) is 8.84. The van der Waals surface area contributed by atoms with Crippen molar-refractivity contribution >= 4 is 40.1 Å². The van der Waals surface area contributed by atoms with Gasteiger partial charge in [0.05, 0.1) is 5.39 Å². The largest absolute Gasteiger partial charge is 0.482 e. The van der Waals surface area contributed by atoms with Crippen LogP contribution in [0.5, 0.6) is 11.5 Å². The Morgan fingerprint density at radius 3 is 2.32 bits per heavy atom. The SMILES string of the molecule is Cc1ccc(-c2oc3ccc(Cl)cc3c(=O)c2OC(=O)COc2ccc(Cl)cc2)cc1. The Morgan fingerprint density at radius 1 is 0.935 bits per heavy atom. The molecule has 0 unspecified atom stereocenters. The third-order valence-electron chi connectivity index (χ3n) is 4.51. The minimum absolute atomic E-state index is 0.152. The van der Waals surface area contributed by atoms with Crippen LogP contribution in [0.2, 0.25) is 10.0 Å². The maximum absolute atomic E-state index is 13.1. The molecule has 0 aliphatic heterocycles. The molecule has 0 saturated carbocycles. The summed E-state index contributed by atoms with van der Waals surface area (Å²) in [5.74, 6) is -0.377. The van der Waals surface area contributed by atoms with Crippen molar-refractivity contribution in [3.05, 3.63) is 92.6 Å². The predicted octanol–water partition coefficient (Wildman–Crippen LogP) is 6.06. The van der Waals surface area contributed by atoms with E-state index in [4.69, 9.17) is 37.1 Å². The van der Waals surface area contributed by atoms with Gasteiger partial charge in [-0.2, -0.15) is 0 Å². The number of carbonyl (C=O) groups is 1. The van der Waals surface area contributed by atoms with E-state index in [1.165, 1.54) is 6.07 Å². The fraction of sp³-hybridized carbons (Fsp3) is 0.0833. The predicted molar refractivity (Wildman–Crippen MR) is 120 cm³/mol. The van der Waals surface area contributed by atoms with Crippen molar-refractivity contribution in [3.8, 4) is 22.8 Å². The summed E-state index contributed by atoms with van der Waals surface area (Å²) in [5, 5.41) is 1.13. The van der Waals surface area contributed by atoms with E-state index in [-0.39, 0.29) is 16.9 Å². The molecular formula is C24H16Cl2O5. The zero-order chi connectivity index (χ0) is 22.0. The van der Waals surface area contributed by atoms with E-state index in [1.54, 1.807) is 48.5 Å². The van der Waals surface area contributed by atoms with Gasteiger partial charge < -0.3 is 13.9 Å². The van der Waals surface area contributed by atoms with E-state index in [9.17, 15) is 9.59 Å². The van der Waals surface area contributed by atoms with Crippen molar-refractivity contribution in [2.45, 2.75) is 6.92 Å². The normalized spacial score (nSPS) is 10.8. The van der Waals surface area contributed by atoms with E-state index < -0.39 is 18.0 Å². The Balaban J connectivity index is 1.70. The maximum Gasteiger partial charge on any atom is 0.349 e. The van der Waals surface area contributed by atoms with Crippen LogP contribution >= 0.6 is 23.2 Å². The molecule has 1 aromatic heterocycles. The lowest BCUT2D eigenvalue weighted by molar-refractivity contribution is -0.136. The molecule has 0 saturated heterocycles. The van der Waals surface area contributed by atoms with Crippen LogP contribution in [0.15, 0.2) is 75.9 Å². The number of fused-ring (bicyclic) bond motifs is 1. The number of halogens is 2. The summed E-state index contributed by atoms with van der Waals surface area (Å²) in [7, 11) is 0. The van der Waals surface area contributed by atoms with Gasteiger partial charge in [-0.05, 0) is 49.4 Å². The summed E-state index contributed by atoms with van der Waals surface area (Å²) < 4.78 is 16.8. The van der Waals surface area contributed by atoms with Gasteiger partial charge in [0.1, 0.15) is 11.3 Å². The van der Waals surface area contributed by atoms with Crippen LogP contribution in [0.1, 0.15) is 5.56 Å². The molecule has 0 aliphatic rings. The Kier molecular flexibility index (Phi) is 5.98. The second-order valence-corrected chi connectivity index (χ2v) is 7.69. The van der Waals surface area contributed by atoms with Crippen LogP contribution in [-0.4, -0.2) is 12.6 Å². The quantitative estimate of drug-likeness (QED) is 0.343. The zero-order valence-electron chi connectivity index (χ0n) is 16.4. The lowest BCUT2D eigenvalue weighted by Gasteiger charge is -2.11. The molecule has 0 amide bonds. The van der Waals surface area contributed by atoms with Gasteiger partial charge in [-0.15, -0.1) is 0 Å². The molecule has 156 valence electrons. The molecule has 4 aromatic rings. The topological polar surface area (TPSA) is 65.7 Å². The van der Waals surface area contributed by atoms with Gasteiger partial charge >= 0.3 is 5.97 Å². The lowest BCUT2D eigenvalue weighted by atomic mass is 10.1. The highest BCUT2D eigenvalue weighted by molar-refractivity contribution is 6.31. The Morgan fingerprint density at radius 2 is 1.61 bits per heavy atom. The van der Waals surface area contributed by atoms with Gasteiger partial charge in [0.25, 0.3) is 0 Å². The minimum atomic E-state index is -0.753. The number of aryl methyl sites for hydroxylation is 1. The number of hydrogen-bond donors (Lipinski definition) is 0. The van der Waals surface area contributed by atoms with Gasteiger partial charge in [-0.1, -0.05) is 53.0 Å². The van der Waals surface area contributed by atoms with Crippen molar-refractivity contribution in [1.29, 1.82) is 0 Å². The number of carbonyl (C=O) groups excluding carboxylic acids is 1. The summed E-state index contributed by atoms with van der Waals surface area (Å²) in [5.41, 5.74) is 1.47. The molecule has 1 heterocycles. The monoisotopic (exact) mass is 454 g/mol. The average Bonchev–Trinajstić information content (AvgIpc) is 2.76. The fourth-order valence-electron chi connectivity index (χ4n) is 2.95. The average molecular weight is 455 g/mol. The van der Waals surface area contributed by atoms with Gasteiger partial charge in [0.2, 0.25) is 11.2 Å². The Hall–Kier alpha value is -3.28. The molecule has 0 fully saturated rings. The summed E-state index contributed by atoms with van der Waals surface area (Å²) in [6, 6.07) is 18.5. The molecule has 7 heteroatoms. The van der Waals surface area contributed by atoms with Crippen molar-refractivity contribution in [1.82, 2.24) is 0 Å². The van der Waals surface area contributed by atoms with Crippen molar-refractivity contribution in [2.24, 2.45) is 0 Å². The van der Waals surface area contributed by atoms with Crippen LogP contribution in [-0.2, 0) is 4.79 Å². The summed E-state index contributed by atoms with van der Waals surface area (Å²) in [4.78, 5) is 25.6. The number of hydrogen-bond acceptors (Lipinski definition) is 5. The molecule has 5 nitrogen and oxygen atoms in total. The molecule has 0 radical (unpaired) electrons.